The first-order valence-electron chi connectivity index (χ1n) is 11.0. The number of aryl methyl sites for hydroxylation is 1. The lowest BCUT2D eigenvalue weighted by molar-refractivity contribution is 0.0711. The summed E-state index contributed by atoms with van der Waals surface area (Å²) in [6.45, 7) is 2.61. The third-order valence-electron chi connectivity index (χ3n) is 6.59. The second-order valence-corrected chi connectivity index (χ2v) is 8.52. The van der Waals surface area contributed by atoms with E-state index in [-0.39, 0.29) is 29.6 Å². The van der Waals surface area contributed by atoms with E-state index in [1.807, 2.05) is 30.3 Å². The Morgan fingerprint density at radius 1 is 1.16 bits per heavy atom. The minimum Gasteiger partial charge on any atom is -0.493 e. The molecule has 0 unspecified atom stereocenters. The molecule has 2 aliphatic heterocycles. The molecular formula is C25H24N4O3. The maximum atomic E-state index is 13.2. The molecule has 2 aliphatic rings. The van der Waals surface area contributed by atoms with Crippen LogP contribution in [0.4, 0.5) is 0 Å². The van der Waals surface area contributed by atoms with E-state index in [9.17, 15) is 14.7 Å². The maximum Gasteiger partial charge on any atom is 0.336 e. The van der Waals surface area contributed by atoms with Crippen LogP contribution in [0.1, 0.15) is 65.4 Å². The zero-order chi connectivity index (χ0) is 22.4. The average Bonchev–Trinajstić information content (AvgIpc) is 3.49. The first-order chi connectivity index (χ1) is 15.5. The van der Waals surface area contributed by atoms with Crippen LogP contribution >= 0.6 is 0 Å². The van der Waals surface area contributed by atoms with E-state index in [1.54, 1.807) is 33.7 Å². The monoisotopic (exact) mass is 428 g/mol. The van der Waals surface area contributed by atoms with E-state index < -0.39 is 0 Å². The van der Waals surface area contributed by atoms with Gasteiger partial charge < -0.3 is 10.0 Å². The minimum absolute atomic E-state index is 0.0798. The van der Waals surface area contributed by atoms with Crippen molar-refractivity contribution < 1.29 is 9.90 Å². The topological polar surface area (TPSA) is 91.3 Å². The molecule has 3 aromatic rings. The minimum atomic E-state index is -0.334. The number of unbranched alkanes of at least 4 members (excludes halogenated alkanes) is 1. The summed E-state index contributed by atoms with van der Waals surface area (Å²) >= 11 is 0. The van der Waals surface area contributed by atoms with Gasteiger partial charge in [0.15, 0.2) is 0 Å². The van der Waals surface area contributed by atoms with Crippen LogP contribution in [0.5, 0.6) is 5.88 Å². The molecule has 162 valence electrons. The number of nitrogens with zero attached hydrogens (tertiary/aromatic N) is 4. The predicted octanol–water partition coefficient (Wildman–Crippen LogP) is 3.70. The molecule has 0 radical (unpaired) electrons. The number of aromatic hydroxyl groups is 1. The molecule has 2 aromatic carbocycles. The van der Waals surface area contributed by atoms with Gasteiger partial charge in [-0.15, -0.1) is 0 Å². The van der Waals surface area contributed by atoms with E-state index in [2.05, 4.69) is 6.92 Å². The summed E-state index contributed by atoms with van der Waals surface area (Å²) in [4.78, 5) is 28.1. The summed E-state index contributed by atoms with van der Waals surface area (Å²) in [5.41, 5.74) is 2.99. The van der Waals surface area contributed by atoms with Crippen molar-refractivity contribution in [1.82, 2.24) is 14.0 Å². The highest BCUT2D eigenvalue weighted by Crippen LogP contribution is 2.49. The molecular weight excluding hydrogens is 404 g/mol. The highest BCUT2D eigenvalue weighted by atomic mass is 16.3. The molecule has 0 spiro atoms. The first kappa shape index (κ1) is 20.1. The Bertz CT molecular complexity index is 1280. The fraction of sp³-hybridized carbons (Fsp3) is 0.320. The van der Waals surface area contributed by atoms with Gasteiger partial charge in [-0.1, -0.05) is 25.5 Å². The van der Waals surface area contributed by atoms with Crippen molar-refractivity contribution in [2.75, 3.05) is 6.54 Å². The largest absolute Gasteiger partial charge is 0.493 e. The van der Waals surface area contributed by atoms with Crippen LogP contribution in [0.2, 0.25) is 0 Å². The number of amides is 1. The SMILES string of the molecule is CCCCc1ccc(C(=O)N2C[C@@H]3C[C@H]2c2c(O)n(-c4ccc(C#N)cc4)c(=O)n23)cc1. The van der Waals surface area contributed by atoms with Crippen molar-refractivity contribution in [2.45, 2.75) is 44.7 Å². The molecule has 7 heteroatoms. The van der Waals surface area contributed by atoms with Gasteiger partial charge in [0.25, 0.3) is 5.91 Å². The van der Waals surface area contributed by atoms with Crippen molar-refractivity contribution in [3.63, 3.8) is 0 Å². The van der Waals surface area contributed by atoms with Gasteiger partial charge >= 0.3 is 5.69 Å². The fourth-order valence-electron chi connectivity index (χ4n) is 4.95. The van der Waals surface area contributed by atoms with Crippen LogP contribution in [-0.2, 0) is 6.42 Å². The zero-order valence-corrected chi connectivity index (χ0v) is 17.9. The smallest absolute Gasteiger partial charge is 0.336 e. The van der Waals surface area contributed by atoms with Crippen molar-refractivity contribution in [2.24, 2.45) is 0 Å². The molecule has 0 aliphatic carbocycles. The molecule has 0 saturated carbocycles. The summed E-state index contributed by atoms with van der Waals surface area (Å²) in [6.07, 6.45) is 3.89. The number of fused-ring (bicyclic) bond motifs is 5. The molecule has 3 heterocycles. The van der Waals surface area contributed by atoms with E-state index >= 15 is 0 Å². The molecule has 1 fully saturated rings. The Kier molecular flexibility index (Phi) is 4.86. The average molecular weight is 428 g/mol. The molecule has 2 atom stereocenters. The molecule has 2 bridgehead atoms. The van der Waals surface area contributed by atoms with Gasteiger partial charge in [-0.25, -0.2) is 9.36 Å². The quantitative estimate of drug-likeness (QED) is 0.671. The lowest BCUT2D eigenvalue weighted by Crippen LogP contribution is -2.37. The third kappa shape index (κ3) is 3.02. The Hall–Kier alpha value is -3.79. The second kappa shape index (κ2) is 7.72. The summed E-state index contributed by atoms with van der Waals surface area (Å²) in [5, 5.41) is 20.0. The van der Waals surface area contributed by atoms with Crippen molar-refractivity contribution in [3.8, 4) is 17.6 Å². The van der Waals surface area contributed by atoms with Crippen LogP contribution in [-0.4, -0.2) is 31.6 Å². The number of benzene rings is 2. The molecule has 1 saturated heterocycles. The van der Waals surface area contributed by atoms with Crippen LogP contribution in [0.15, 0.2) is 53.3 Å². The number of imidazole rings is 1. The number of carbonyl (C=O) groups is 1. The van der Waals surface area contributed by atoms with Gasteiger partial charge in [0, 0.05) is 12.1 Å². The van der Waals surface area contributed by atoms with Gasteiger partial charge in [-0.3, -0.25) is 9.36 Å². The number of aromatic nitrogens is 2. The molecule has 1 aromatic heterocycles. The van der Waals surface area contributed by atoms with Gasteiger partial charge in [-0.2, -0.15) is 5.26 Å². The van der Waals surface area contributed by atoms with E-state index in [0.717, 1.165) is 19.3 Å². The summed E-state index contributed by atoms with van der Waals surface area (Å²) in [6, 6.07) is 15.8. The second-order valence-electron chi connectivity index (χ2n) is 8.52. The summed E-state index contributed by atoms with van der Waals surface area (Å²) < 4.78 is 2.88. The summed E-state index contributed by atoms with van der Waals surface area (Å²) in [7, 11) is 0. The number of hydrogen-bond donors (Lipinski definition) is 1. The molecule has 1 N–H and O–H groups in total. The number of rotatable bonds is 5. The zero-order valence-electron chi connectivity index (χ0n) is 17.9. The van der Waals surface area contributed by atoms with Gasteiger partial charge in [0.05, 0.1) is 29.4 Å². The van der Waals surface area contributed by atoms with E-state index in [0.29, 0.717) is 35.5 Å². The molecule has 5 rings (SSSR count). The van der Waals surface area contributed by atoms with E-state index in [4.69, 9.17) is 5.26 Å². The molecule has 1 amide bonds. The van der Waals surface area contributed by atoms with Crippen LogP contribution in [0, 0.1) is 11.3 Å². The van der Waals surface area contributed by atoms with Gasteiger partial charge in [-0.05, 0) is 61.2 Å². The highest BCUT2D eigenvalue weighted by Gasteiger charge is 2.49. The molecule has 32 heavy (non-hydrogen) atoms. The Morgan fingerprint density at radius 2 is 1.88 bits per heavy atom. The Morgan fingerprint density at radius 3 is 2.53 bits per heavy atom. The van der Waals surface area contributed by atoms with Crippen LogP contribution < -0.4 is 5.69 Å². The fourth-order valence-corrected chi connectivity index (χ4v) is 4.95. The maximum absolute atomic E-state index is 13.2. The summed E-state index contributed by atoms with van der Waals surface area (Å²) in [5.74, 6) is -0.219. The van der Waals surface area contributed by atoms with Gasteiger partial charge in [0.1, 0.15) is 5.69 Å². The lowest BCUT2D eigenvalue weighted by atomic mass is 10.1. The predicted molar refractivity (Wildman–Crippen MR) is 119 cm³/mol. The van der Waals surface area contributed by atoms with Crippen LogP contribution in [0.3, 0.4) is 0 Å². The number of hydrogen-bond acceptors (Lipinski definition) is 4. The van der Waals surface area contributed by atoms with Crippen molar-refractivity contribution >= 4 is 5.91 Å². The van der Waals surface area contributed by atoms with E-state index in [1.165, 1.54) is 10.1 Å². The van der Waals surface area contributed by atoms with Gasteiger partial charge in [0.2, 0.25) is 5.88 Å². The Balaban J connectivity index is 1.45. The standard InChI is InChI=1S/C25H24N4O3/c1-2-3-4-16-5-9-18(10-6-16)23(30)27-15-20-13-21(27)22-24(31)29(25(32)28(20)22)19-11-7-17(14-26)8-12-19/h5-12,20-21,31H,2-4,13,15H2,1H3/t20-,21-/m0/s1. The Labute approximate surface area is 185 Å². The normalized spacial score (nSPS) is 18.6. The number of carbonyl (C=O) groups excluding carboxylic acids is 1. The number of likely N-dealkylation sites (tertiary alicyclic amines) is 1. The number of nitriles is 1. The van der Waals surface area contributed by atoms with Crippen LogP contribution in [0.25, 0.3) is 5.69 Å². The van der Waals surface area contributed by atoms with Crippen molar-refractivity contribution in [3.05, 3.63) is 81.4 Å². The lowest BCUT2D eigenvalue weighted by Gasteiger charge is -2.27. The first-order valence-corrected chi connectivity index (χ1v) is 11.0. The van der Waals surface area contributed by atoms with Crippen molar-refractivity contribution in [1.29, 1.82) is 5.26 Å². The molecule has 7 nitrogen and oxygen atoms in total. The third-order valence-corrected chi connectivity index (χ3v) is 6.59. The highest BCUT2D eigenvalue weighted by molar-refractivity contribution is 5.95.